The average molecular weight is 1040 g/mol. The summed E-state index contributed by atoms with van der Waals surface area (Å²) in [6, 6.07) is 10.4. The lowest BCUT2D eigenvalue weighted by molar-refractivity contribution is -0.363. The second-order valence-corrected chi connectivity index (χ2v) is 29.5. The van der Waals surface area contributed by atoms with Gasteiger partial charge >= 0.3 is 24.0 Å². The lowest BCUT2D eigenvalue weighted by Gasteiger charge is -2.69. The molecule has 2 aromatic rings. The first-order valence-corrected chi connectivity index (χ1v) is 28.1. The minimum atomic E-state index is -3.03. The Bertz CT molecular complexity index is 2370. The predicted octanol–water partition coefficient (Wildman–Crippen LogP) is 9.59. The zero-order valence-electron chi connectivity index (χ0n) is 45.6. The number of alkyl carbamates (subject to hydrolysis) is 1. The van der Waals surface area contributed by atoms with Crippen molar-refractivity contribution >= 4 is 32.3 Å². The minimum Gasteiger partial charge on any atom is -0.467 e. The molecule has 1 aromatic carbocycles. The van der Waals surface area contributed by atoms with E-state index in [0.717, 1.165) is 0 Å². The summed E-state index contributed by atoms with van der Waals surface area (Å²) in [6.07, 6.45) is -6.32. The number of fused-ring (bicyclic) bond motifs is 8. The highest BCUT2D eigenvalue weighted by Crippen LogP contribution is 2.67. The van der Waals surface area contributed by atoms with Gasteiger partial charge in [-0.15, -0.1) is 6.58 Å². The Morgan fingerprint density at radius 2 is 1.58 bits per heavy atom. The van der Waals surface area contributed by atoms with Crippen LogP contribution < -0.4 is 5.32 Å². The van der Waals surface area contributed by atoms with Crippen molar-refractivity contribution < 1.29 is 71.4 Å². The van der Waals surface area contributed by atoms with E-state index in [1.807, 2.05) is 27.7 Å². The normalized spacial score (nSPS) is 32.2. The topological polar surface area (TPSA) is 208 Å². The van der Waals surface area contributed by atoms with Gasteiger partial charge < -0.3 is 57.5 Å². The number of amides is 1. The van der Waals surface area contributed by atoms with E-state index in [1.54, 1.807) is 83.2 Å². The number of nitrogens with one attached hydrogen (secondary N) is 1. The lowest BCUT2D eigenvalue weighted by Crippen LogP contribution is -2.82. The number of benzene rings is 1. The fraction of sp³-hybridized carbons (Fsp3) is 0.679. The van der Waals surface area contributed by atoms with E-state index in [2.05, 4.69) is 53.4 Å². The van der Waals surface area contributed by atoms with Crippen LogP contribution in [0.1, 0.15) is 152 Å². The maximum Gasteiger partial charge on any atom is 0.408 e. The van der Waals surface area contributed by atoms with Gasteiger partial charge in [0.15, 0.2) is 17.5 Å². The highest BCUT2D eigenvalue weighted by molar-refractivity contribution is 6.77. The first-order valence-electron chi connectivity index (χ1n) is 26.0. The molecule has 73 heavy (non-hydrogen) atoms. The second-order valence-electron chi connectivity index (χ2n) is 24.1. The van der Waals surface area contributed by atoms with Crippen molar-refractivity contribution in [1.29, 1.82) is 0 Å². The highest BCUT2D eigenvalue weighted by Gasteiger charge is 2.79. The van der Waals surface area contributed by atoms with Crippen molar-refractivity contribution in [3.63, 3.8) is 0 Å². The third-order valence-electron chi connectivity index (χ3n) is 16.8. The molecule has 2 aliphatic heterocycles. The van der Waals surface area contributed by atoms with Gasteiger partial charge in [0.05, 0.1) is 36.6 Å². The Labute approximate surface area is 432 Å². The molecule has 1 aromatic heterocycles. The number of carbonyl (C=O) groups is 4. The average Bonchev–Trinajstić information content (AvgIpc) is 3.94. The molecule has 17 heteroatoms. The lowest BCUT2D eigenvalue weighted by atomic mass is 9.44. The van der Waals surface area contributed by atoms with E-state index in [0.29, 0.717) is 17.6 Å². The van der Waals surface area contributed by atoms with E-state index in [1.165, 1.54) is 6.26 Å². The van der Waals surface area contributed by atoms with Gasteiger partial charge in [-0.1, -0.05) is 86.6 Å². The van der Waals surface area contributed by atoms with Gasteiger partial charge in [0.1, 0.15) is 47.4 Å². The van der Waals surface area contributed by atoms with Crippen molar-refractivity contribution in [2.45, 2.75) is 218 Å². The first-order chi connectivity index (χ1) is 33.9. The number of aliphatic hydroxyl groups is 2. The Morgan fingerprint density at radius 3 is 2.12 bits per heavy atom. The Morgan fingerprint density at radius 1 is 0.932 bits per heavy atom. The molecule has 0 spiro atoms. The third-order valence-corrected chi connectivity index (χ3v) is 22.9. The molecule has 3 aliphatic carbocycles. The predicted molar refractivity (Wildman–Crippen MR) is 272 cm³/mol. The van der Waals surface area contributed by atoms with Gasteiger partial charge in [-0.05, 0) is 100.0 Å². The van der Waals surface area contributed by atoms with Crippen molar-refractivity contribution in [3.05, 3.63) is 83.9 Å². The van der Waals surface area contributed by atoms with Crippen LogP contribution in [0.5, 0.6) is 0 Å². The quantitative estimate of drug-likeness (QED) is 0.0619. The Hall–Kier alpha value is -4.36. The summed E-state index contributed by atoms with van der Waals surface area (Å²) < 4.78 is 59.4. The standard InChI is InChI=1S/C56H81NO15Si/c1-17-18-26-40(59)68-55-30-65-39(55)28-38(58)54(16)45(55)47(67-48(60)35-23-20-19-21-24-35)56(63)29-37(34(8)41(52(56,12)13)43-46(54)70-53(14,15)69-43)66-49(61)44(72-73(31(2)3,32(4)5)33(6)7)42(36-25-22-27-64-36)57-50(62)71-51(9,10)11/h17,19-25,27,31-33,37-39,42-47,58,63H,1,18,26,28-30H2,2-16H3,(H,57,62)/t37-,38-,39+,42-,43+,44+,45-,46+,47-,54+,55-,56+/m0/s1. The monoisotopic (exact) mass is 1040 g/mol. The van der Waals surface area contributed by atoms with Crippen LogP contribution in [0.15, 0.2) is 76.9 Å². The number of furan rings is 1. The molecule has 2 bridgehead atoms. The molecule has 2 saturated carbocycles. The van der Waals surface area contributed by atoms with Crippen molar-refractivity contribution in [1.82, 2.24) is 5.32 Å². The van der Waals surface area contributed by atoms with Crippen LogP contribution in [0.3, 0.4) is 0 Å². The van der Waals surface area contributed by atoms with Gasteiger partial charge in [0, 0.05) is 30.1 Å². The molecule has 5 aliphatic rings. The smallest absolute Gasteiger partial charge is 0.408 e. The number of aliphatic hydroxyl groups excluding tert-OH is 1. The third kappa shape index (κ3) is 9.89. The maximum atomic E-state index is 15.8. The zero-order chi connectivity index (χ0) is 54.0. The van der Waals surface area contributed by atoms with E-state index in [-0.39, 0.29) is 53.8 Å². The molecular formula is C56H81NO15Si. The fourth-order valence-electron chi connectivity index (χ4n) is 13.4. The molecule has 0 radical (unpaired) electrons. The minimum absolute atomic E-state index is 0.0173. The summed E-state index contributed by atoms with van der Waals surface area (Å²) in [5.41, 5.74) is -6.37. The van der Waals surface area contributed by atoms with Crippen LogP contribution >= 0.6 is 0 Å². The number of carbonyl (C=O) groups excluding carboxylic acids is 4. The Balaban J connectivity index is 1.46. The molecule has 404 valence electrons. The number of allylic oxidation sites excluding steroid dienone is 1. The molecular weight excluding hydrogens is 955 g/mol. The van der Waals surface area contributed by atoms with Gasteiger partial charge in [0.2, 0.25) is 8.32 Å². The van der Waals surface area contributed by atoms with Crippen LogP contribution in [-0.4, -0.2) is 114 Å². The summed E-state index contributed by atoms with van der Waals surface area (Å²) in [5, 5.41) is 29.9. The summed E-state index contributed by atoms with van der Waals surface area (Å²) >= 11 is 0. The molecule has 16 nitrogen and oxygen atoms in total. The molecule has 4 fully saturated rings. The summed E-state index contributed by atoms with van der Waals surface area (Å²) in [6.45, 7) is 32.1. The maximum absolute atomic E-state index is 15.8. The number of hydrogen-bond donors (Lipinski definition) is 3. The van der Waals surface area contributed by atoms with E-state index >= 15 is 4.79 Å². The first kappa shape index (κ1) is 56.4. The van der Waals surface area contributed by atoms with E-state index < -0.39 is 120 Å². The number of hydrogen-bond acceptors (Lipinski definition) is 15. The van der Waals surface area contributed by atoms with Gasteiger partial charge in [-0.2, -0.15) is 0 Å². The molecule has 0 unspecified atom stereocenters. The SMILES string of the molecule is C=CCCC(=O)O[C@@]12CO[C@@H]1C[C@H](O)[C@@]1(C)[C@@H]3OC(C)(C)O[C@@H]3C3=C(C)[C@@H](OC(=O)[C@H](O[Si](C(C)C)(C(C)C)C(C)C)[C@@H](NC(=O)OC(C)(C)C)c4ccco4)C[C@@](O)([C@@H](OC(=O)c4ccccc4)[C@H]21)C3(C)C. The second kappa shape index (κ2) is 20.3. The fourth-order valence-corrected chi connectivity index (χ4v) is 18.9. The van der Waals surface area contributed by atoms with Crippen LogP contribution in [0, 0.1) is 16.7 Å². The molecule has 3 N–H and O–H groups in total. The molecule has 1 amide bonds. The Kier molecular flexibility index (Phi) is 15.7. The molecule has 3 heterocycles. The van der Waals surface area contributed by atoms with E-state index in [4.69, 9.17) is 42.0 Å². The van der Waals surface area contributed by atoms with Gasteiger partial charge in [-0.25, -0.2) is 14.4 Å². The molecule has 12 atom stereocenters. The van der Waals surface area contributed by atoms with Gasteiger partial charge in [0.25, 0.3) is 0 Å². The summed E-state index contributed by atoms with van der Waals surface area (Å²) in [4.78, 5) is 58.4. The number of ether oxygens (including phenoxy) is 7. The van der Waals surface area contributed by atoms with Gasteiger partial charge in [-0.3, -0.25) is 4.79 Å². The van der Waals surface area contributed by atoms with Crippen LogP contribution in [-0.2, 0) is 47.2 Å². The van der Waals surface area contributed by atoms with Crippen molar-refractivity contribution in [2.75, 3.05) is 6.61 Å². The van der Waals surface area contributed by atoms with E-state index in [9.17, 15) is 24.6 Å². The molecule has 7 rings (SSSR count). The number of rotatable bonds is 16. The summed E-state index contributed by atoms with van der Waals surface area (Å²) in [7, 11) is -3.03. The number of esters is 3. The largest absolute Gasteiger partial charge is 0.467 e. The van der Waals surface area contributed by atoms with Crippen molar-refractivity contribution in [3.8, 4) is 0 Å². The van der Waals surface area contributed by atoms with Crippen LogP contribution in [0.25, 0.3) is 0 Å². The van der Waals surface area contributed by atoms with Crippen LogP contribution in [0.2, 0.25) is 16.6 Å². The zero-order valence-corrected chi connectivity index (χ0v) is 46.6. The molecule has 2 saturated heterocycles. The van der Waals surface area contributed by atoms with Crippen LogP contribution in [0.4, 0.5) is 4.79 Å². The van der Waals surface area contributed by atoms with Crippen molar-refractivity contribution in [2.24, 2.45) is 16.7 Å². The summed E-state index contributed by atoms with van der Waals surface area (Å²) in [5.74, 6) is -4.51. The highest BCUT2D eigenvalue weighted by atomic mass is 28.4.